The van der Waals surface area contributed by atoms with E-state index in [0.29, 0.717) is 22.8 Å². The average Bonchev–Trinajstić information content (AvgIpc) is 3.16. The summed E-state index contributed by atoms with van der Waals surface area (Å²) >= 11 is 6.21. The fraction of sp³-hybridized carbons (Fsp3) is 0.107. The minimum atomic E-state index is -0.807. The summed E-state index contributed by atoms with van der Waals surface area (Å²) in [5, 5.41) is 3.59. The Morgan fingerprint density at radius 3 is 2.51 bits per heavy atom. The van der Waals surface area contributed by atoms with Crippen LogP contribution in [-0.2, 0) is 16.1 Å². The molecule has 0 spiro atoms. The molecule has 3 aromatic carbocycles. The van der Waals surface area contributed by atoms with Crippen LogP contribution in [0.3, 0.4) is 0 Å². The first kappa shape index (κ1) is 22.6. The molecule has 5 rings (SSSR count). The Hall–Kier alpha value is -4.16. The van der Waals surface area contributed by atoms with Gasteiger partial charge in [0.15, 0.2) is 0 Å². The fourth-order valence-electron chi connectivity index (χ4n) is 4.30. The lowest BCUT2D eigenvalue weighted by Gasteiger charge is -2.26. The van der Waals surface area contributed by atoms with Gasteiger partial charge in [0.05, 0.1) is 5.69 Å². The second kappa shape index (κ2) is 8.89. The molecule has 4 aromatic rings. The maximum atomic E-state index is 13.3. The molecule has 35 heavy (non-hydrogen) atoms. The summed E-state index contributed by atoms with van der Waals surface area (Å²) in [4.78, 5) is 39.5. The van der Waals surface area contributed by atoms with Gasteiger partial charge in [0.25, 0.3) is 11.8 Å². The zero-order valence-electron chi connectivity index (χ0n) is 19.2. The number of urea groups is 1. The van der Waals surface area contributed by atoms with Gasteiger partial charge in [-0.15, -0.1) is 0 Å². The SMILES string of the molecule is Cc1cccc(Cn2cc(C=C3C(=O)NC(=O)N(c4ccc(C)c(Cl)c4)C3=O)c3ccccc32)c1. The number of halogens is 1. The normalized spacial score (nSPS) is 15.2. The quantitative estimate of drug-likeness (QED) is 0.302. The van der Waals surface area contributed by atoms with Gasteiger partial charge in [0.2, 0.25) is 0 Å². The van der Waals surface area contributed by atoms with E-state index in [9.17, 15) is 14.4 Å². The number of nitrogens with one attached hydrogen (secondary N) is 1. The van der Waals surface area contributed by atoms with Crippen LogP contribution in [0.15, 0.2) is 78.5 Å². The van der Waals surface area contributed by atoms with Gasteiger partial charge in [-0.2, -0.15) is 0 Å². The van der Waals surface area contributed by atoms with Crippen LogP contribution < -0.4 is 10.2 Å². The number of carbonyl (C=O) groups is 3. The number of imide groups is 2. The van der Waals surface area contributed by atoms with Crippen LogP contribution in [0.4, 0.5) is 10.5 Å². The van der Waals surface area contributed by atoms with Crippen LogP contribution >= 0.6 is 11.6 Å². The van der Waals surface area contributed by atoms with Gasteiger partial charge in [-0.25, -0.2) is 9.69 Å². The van der Waals surface area contributed by atoms with Gasteiger partial charge in [-0.3, -0.25) is 14.9 Å². The number of barbiturate groups is 1. The summed E-state index contributed by atoms with van der Waals surface area (Å²) < 4.78 is 2.09. The van der Waals surface area contributed by atoms with Crippen molar-refractivity contribution < 1.29 is 14.4 Å². The Morgan fingerprint density at radius 1 is 0.943 bits per heavy atom. The standard InChI is InChI=1S/C28H22ClN3O3/c1-17-6-5-7-19(12-17)15-31-16-20(22-8-3-4-9-25(22)31)13-23-26(33)30-28(35)32(27(23)34)21-11-10-18(2)24(29)14-21/h3-14,16H,15H2,1-2H3,(H,30,33,35). The molecule has 1 fully saturated rings. The highest BCUT2D eigenvalue weighted by Gasteiger charge is 2.37. The smallest absolute Gasteiger partial charge is 0.335 e. The van der Waals surface area contributed by atoms with Crippen molar-refractivity contribution in [3.05, 3.63) is 106 Å². The lowest BCUT2D eigenvalue weighted by molar-refractivity contribution is -0.122. The highest BCUT2D eigenvalue weighted by molar-refractivity contribution is 6.39. The number of para-hydroxylation sites is 1. The van der Waals surface area contributed by atoms with Crippen molar-refractivity contribution in [1.82, 2.24) is 9.88 Å². The van der Waals surface area contributed by atoms with Crippen molar-refractivity contribution in [2.75, 3.05) is 4.90 Å². The van der Waals surface area contributed by atoms with Gasteiger partial charge in [-0.05, 0) is 49.2 Å². The minimum Gasteiger partial charge on any atom is -0.342 e. The molecule has 174 valence electrons. The van der Waals surface area contributed by atoms with Crippen LogP contribution in [-0.4, -0.2) is 22.4 Å². The topological polar surface area (TPSA) is 71.4 Å². The number of aromatic nitrogens is 1. The first-order valence-corrected chi connectivity index (χ1v) is 11.5. The Labute approximate surface area is 207 Å². The molecule has 1 aliphatic heterocycles. The van der Waals surface area contributed by atoms with E-state index in [-0.39, 0.29) is 5.57 Å². The van der Waals surface area contributed by atoms with Crippen LogP contribution in [0.1, 0.15) is 22.3 Å². The van der Waals surface area contributed by atoms with Crippen LogP contribution in [0.5, 0.6) is 0 Å². The molecule has 0 bridgehead atoms. The summed E-state index contributed by atoms with van der Waals surface area (Å²) in [5.74, 6) is -1.43. The first-order chi connectivity index (χ1) is 16.8. The number of nitrogens with zero attached hydrogens (tertiary/aromatic N) is 2. The number of benzene rings is 3. The Bertz CT molecular complexity index is 1550. The summed E-state index contributed by atoms with van der Waals surface area (Å²) in [6, 6.07) is 20.1. The number of rotatable bonds is 4. The minimum absolute atomic E-state index is 0.125. The van der Waals surface area contributed by atoms with Crippen molar-refractivity contribution >= 4 is 52.1 Å². The maximum absolute atomic E-state index is 13.3. The summed E-state index contributed by atoms with van der Waals surface area (Å²) in [6.45, 7) is 4.51. The lowest BCUT2D eigenvalue weighted by Crippen LogP contribution is -2.54. The second-order valence-electron chi connectivity index (χ2n) is 8.61. The third kappa shape index (κ3) is 4.24. The molecule has 6 nitrogen and oxygen atoms in total. The molecular weight excluding hydrogens is 462 g/mol. The lowest BCUT2D eigenvalue weighted by atomic mass is 10.1. The largest absolute Gasteiger partial charge is 0.342 e. The second-order valence-corrected chi connectivity index (χ2v) is 9.02. The van der Waals surface area contributed by atoms with E-state index in [4.69, 9.17) is 11.6 Å². The number of hydrogen-bond donors (Lipinski definition) is 1. The molecule has 0 radical (unpaired) electrons. The number of aryl methyl sites for hydroxylation is 2. The molecule has 1 aliphatic rings. The number of amides is 4. The molecule has 0 aliphatic carbocycles. The molecule has 1 aromatic heterocycles. The molecule has 1 saturated heterocycles. The summed E-state index contributed by atoms with van der Waals surface area (Å²) in [6.07, 6.45) is 3.46. The van der Waals surface area contributed by atoms with Crippen LogP contribution in [0.2, 0.25) is 5.02 Å². The van der Waals surface area contributed by atoms with E-state index in [1.165, 1.54) is 11.6 Å². The van der Waals surface area contributed by atoms with E-state index in [1.54, 1.807) is 18.2 Å². The van der Waals surface area contributed by atoms with Gasteiger partial charge < -0.3 is 4.57 Å². The third-order valence-electron chi connectivity index (χ3n) is 6.07. The van der Waals surface area contributed by atoms with Gasteiger partial charge in [0.1, 0.15) is 5.57 Å². The first-order valence-electron chi connectivity index (χ1n) is 11.1. The van der Waals surface area contributed by atoms with E-state index < -0.39 is 17.8 Å². The van der Waals surface area contributed by atoms with Crippen molar-refractivity contribution in [2.24, 2.45) is 0 Å². The Balaban J connectivity index is 1.57. The number of anilines is 1. The number of carbonyl (C=O) groups excluding carboxylic acids is 3. The zero-order chi connectivity index (χ0) is 24.7. The summed E-state index contributed by atoms with van der Waals surface area (Å²) in [5.41, 5.74) is 4.98. The molecule has 1 N–H and O–H groups in total. The molecular formula is C28H22ClN3O3. The average molecular weight is 484 g/mol. The van der Waals surface area contributed by atoms with Gasteiger partial charge >= 0.3 is 6.03 Å². The van der Waals surface area contributed by atoms with Crippen molar-refractivity contribution in [1.29, 1.82) is 0 Å². The third-order valence-corrected chi connectivity index (χ3v) is 6.48. The van der Waals surface area contributed by atoms with Crippen molar-refractivity contribution in [3.63, 3.8) is 0 Å². The number of hydrogen-bond acceptors (Lipinski definition) is 3. The van der Waals surface area contributed by atoms with Gasteiger partial charge in [0, 0.05) is 34.2 Å². The predicted molar refractivity (Wildman–Crippen MR) is 137 cm³/mol. The fourth-order valence-corrected chi connectivity index (χ4v) is 4.47. The van der Waals surface area contributed by atoms with E-state index in [0.717, 1.165) is 26.9 Å². The van der Waals surface area contributed by atoms with E-state index in [2.05, 4.69) is 35.0 Å². The predicted octanol–water partition coefficient (Wildman–Crippen LogP) is 5.63. The summed E-state index contributed by atoms with van der Waals surface area (Å²) in [7, 11) is 0. The molecule has 0 atom stereocenters. The van der Waals surface area contributed by atoms with Crippen LogP contribution in [0.25, 0.3) is 17.0 Å². The highest BCUT2D eigenvalue weighted by Crippen LogP contribution is 2.29. The molecule has 2 heterocycles. The number of fused-ring (bicyclic) bond motifs is 1. The highest BCUT2D eigenvalue weighted by atomic mass is 35.5. The van der Waals surface area contributed by atoms with E-state index in [1.807, 2.05) is 43.5 Å². The van der Waals surface area contributed by atoms with Crippen molar-refractivity contribution in [3.8, 4) is 0 Å². The van der Waals surface area contributed by atoms with Crippen LogP contribution in [0, 0.1) is 13.8 Å². The molecule has 4 amide bonds. The van der Waals surface area contributed by atoms with E-state index >= 15 is 0 Å². The Morgan fingerprint density at radius 2 is 1.74 bits per heavy atom. The molecule has 0 saturated carbocycles. The van der Waals surface area contributed by atoms with Gasteiger partial charge in [-0.1, -0.05) is 65.7 Å². The zero-order valence-corrected chi connectivity index (χ0v) is 20.0. The maximum Gasteiger partial charge on any atom is 0.335 e. The molecule has 7 heteroatoms. The van der Waals surface area contributed by atoms with Crippen molar-refractivity contribution in [2.45, 2.75) is 20.4 Å². The molecule has 0 unspecified atom stereocenters. The Kier molecular flexibility index (Phi) is 5.75. The monoisotopic (exact) mass is 483 g/mol.